The molecular weight excluding hydrogens is 457 g/mol. The van der Waals surface area contributed by atoms with E-state index in [1.165, 1.54) is 12.1 Å². The molecule has 0 spiro atoms. The Hall–Kier alpha value is -3.78. The number of carbonyl (C=O) groups is 1. The Kier molecular flexibility index (Phi) is 6.65. The summed E-state index contributed by atoms with van der Waals surface area (Å²) in [4.78, 5) is 11.0. The molecule has 4 rings (SSSR count). The highest BCUT2D eigenvalue weighted by Crippen LogP contribution is 2.36. The van der Waals surface area contributed by atoms with Gasteiger partial charge in [0.2, 0.25) is 0 Å². The highest BCUT2D eigenvalue weighted by atomic mass is 35.5. The van der Waals surface area contributed by atoms with Gasteiger partial charge < -0.3 is 9.84 Å². The van der Waals surface area contributed by atoms with E-state index in [0.29, 0.717) is 39.1 Å². The molecule has 4 aromatic rings. The van der Waals surface area contributed by atoms with E-state index in [9.17, 15) is 10.1 Å². The van der Waals surface area contributed by atoms with E-state index in [-0.39, 0.29) is 5.56 Å². The lowest BCUT2D eigenvalue weighted by atomic mass is 10.0. The molecule has 0 saturated carbocycles. The number of carboxylic acid groups (broad SMARTS) is 1. The molecule has 0 saturated heterocycles. The molecule has 0 radical (unpaired) electrons. The number of ether oxygens (including phenoxy) is 1. The van der Waals surface area contributed by atoms with Crippen molar-refractivity contribution in [1.29, 1.82) is 5.26 Å². The van der Waals surface area contributed by atoms with Crippen LogP contribution >= 0.6 is 23.2 Å². The fraction of sp³-hybridized carbons (Fsp3) is 0.0370. The molecule has 0 aromatic heterocycles. The SMILES string of the molecule is N#C/C(=C/c1cc(Cl)c(OCc2cccc3ccccc23)c(Cl)c1)c1ccc(C(=O)O)cc1. The third kappa shape index (κ3) is 5.01. The number of allylic oxidation sites excluding steroid dienone is 1. The van der Waals surface area contributed by atoms with Crippen LogP contribution in [0.4, 0.5) is 0 Å². The van der Waals surface area contributed by atoms with Crippen molar-refractivity contribution in [2.75, 3.05) is 0 Å². The minimum absolute atomic E-state index is 0.148. The van der Waals surface area contributed by atoms with E-state index in [2.05, 4.69) is 6.07 Å². The van der Waals surface area contributed by atoms with Gasteiger partial charge in [-0.25, -0.2) is 4.79 Å². The molecule has 162 valence electrons. The van der Waals surface area contributed by atoms with Crippen LogP contribution in [0.2, 0.25) is 10.0 Å². The maximum absolute atomic E-state index is 11.0. The number of nitriles is 1. The minimum atomic E-state index is -1.03. The Morgan fingerprint density at radius 1 is 0.939 bits per heavy atom. The zero-order valence-corrected chi connectivity index (χ0v) is 18.8. The second kappa shape index (κ2) is 9.79. The summed E-state index contributed by atoms with van der Waals surface area (Å²) in [7, 11) is 0. The Labute approximate surface area is 200 Å². The molecule has 0 atom stereocenters. The van der Waals surface area contributed by atoms with Crippen LogP contribution in [-0.2, 0) is 6.61 Å². The zero-order valence-electron chi connectivity index (χ0n) is 17.3. The molecule has 33 heavy (non-hydrogen) atoms. The standard InChI is InChI=1S/C27H17Cl2NO3/c28-24-13-17(12-22(15-30)18-8-10-20(11-9-18)27(31)32)14-25(29)26(24)33-16-21-6-3-5-19-4-1-2-7-23(19)21/h1-14H,16H2,(H,31,32)/b22-12-. The summed E-state index contributed by atoms with van der Waals surface area (Å²) in [5.74, 6) is -0.658. The van der Waals surface area contributed by atoms with Gasteiger partial charge >= 0.3 is 5.97 Å². The second-order valence-corrected chi connectivity index (χ2v) is 8.11. The number of hydrogen-bond acceptors (Lipinski definition) is 3. The van der Waals surface area contributed by atoms with Crippen molar-refractivity contribution < 1.29 is 14.6 Å². The number of hydrogen-bond donors (Lipinski definition) is 1. The molecule has 0 fully saturated rings. The Balaban J connectivity index is 1.58. The van der Waals surface area contributed by atoms with E-state index in [1.54, 1.807) is 30.3 Å². The first-order chi connectivity index (χ1) is 16.0. The summed E-state index contributed by atoms with van der Waals surface area (Å²) < 4.78 is 5.96. The van der Waals surface area contributed by atoms with Gasteiger partial charge in [0.15, 0.2) is 5.75 Å². The van der Waals surface area contributed by atoms with Crippen molar-refractivity contribution >= 4 is 51.6 Å². The Bertz CT molecular complexity index is 1390. The first kappa shape index (κ1) is 22.4. The van der Waals surface area contributed by atoms with Crippen LogP contribution in [0.15, 0.2) is 78.9 Å². The summed E-state index contributed by atoms with van der Waals surface area (Å²) in [5.41, 5.74) is 2.73. The average Bonchev–Trinajstić information content (AvgIpc) is 2.82. The number of carboxylic acids is 1. The predicted octanol–water partition coefficient (Wildman–Crippen LogP) is 7.49. The highest BCUT2D eigenvalue weighted by Gasteiger charge is 2.12. The van der Waals surface area contributed by atoms with Gasteiger partial charge in [0, 0.05) is 0 Å². The molecule has 6 heteroatoms. The number of benzene rings is 4. The topological polar surface area (TPSA) is 70.3 Å². The van der Waals surface area contributed by atoms with Crippen molar-refractivity contribution in [3.05, 3.63) is 111 Å². The van der Waals surface area contributed by atoms with Crippen LogP contribution in [0.25, 0.3) is 22.4 Å². The zero-order chi connectivity index (χ0) is 23.4. The molecule has 4 aromatic carbocycles. The van der Waals surface area contributed by atoms with Crippen molar-refractivity contribution in [3.63, 3.8) is 0 Å². The van der Waals surface area contributed by atoms with Gasteiger partial charge in [-0.05, 0) is 57.8 Å². The quantitative estimate of drug-likeness (QED) is 0.232. The first-order valence-electron chi connectivity index (χ1n) is 10.0. The monoisotopic (exact) mass is 473 g/mol. The van der Waals surface area contributed by atoms with Gasteiger partial charge in [-0.3, -0.25) is 0 Å². The largest absolute Gasteiger partial charge is 0.486 e. The number of fused-ring (bicyclic) bond motifs is 1. The molecule has 0 unspecified atom stereocenters. The van der Waals surface area contributed by atoms with Crippen molar-refractivity contribution in [3.8, 4) is 11.8 Å². The van der Waals surface area contributed by atoms with Crippen LogP contribution in [0.5, 0.6) is 5.75 Å². The lowest BCUT2D eigenvalue weighted by molar-refractivity contribution is 0.0697. The van der Waals surface area contributed by atoms with E-state index in [0.717, 1.165) is 16.3 Å². The normalized spacial score (nSPS) is 11.2. The number of nitrogens with zero attached hydrogens (tertiary/aromatic N) is 1. The molecule has 0 aliphatic heterocycles. The van der Waals surface area contributed by atoms with Crippen molar-refractivity contribution in [2.45, 2.75) is 6.61 Å². The fourth-order valence-electron chi connectivity index (χ4n) is 3.51. The molecule has 1 N–H and O–H groups in total. The molecule has 0 bridgehead atoms. The highest BCUT2D eigenvalue weighted by molar-refractivity contribution is 6.37. The van der Waals surface area contributed by atoms with Gasteiger partial charge in [-0.15, -0.1) is 0 Å². The van der Waals surface area contributed by atoms with Crippen LogP contribution in [0, 0.1) is 11.3 Å². The van der Waals surface area contributed by atoms with Gasteiger partial charge in [0.25, 0.3) is 0 Å². The average molecular weight is 474 g/mol. The number of aromatic carboxylic acids is 1. The third-order valence-electron chi connectivity index (χ3n) is 5.15. The van der Waals surface area contributed by atoms with E-state index < -0.39 is 5.97 Å². The molecule has 0 heterocycles. The fourth-order valence-corrected chi connectivity index (χ4v) is 4.12. The van der Waals surface area contributed by atoms with Crippen LogP contribution in [0.3, 0.4) is 0 Å². The minimum Gasteiger partial charge on any atom is -0.486 e. The van der Waals surface area contributed by atoms with Crippen molar-refractivity contribution in [2.24, 2.45) is 0 Å². The molecule has 0 aliphatic carbocycles. The predicted molar refractivity (Wildman–Crippen MR) is 132 cm³/mol. The summed E-state index contributed by atoms with van der Waals surface area (Å²) in [6.07, 6.45) is 1.64. The van der Waals surface area contributed by atoms with Gasteiger partial charge in [0.1, 0.15) is 6.61 Å². The summed E-state index contributed by atoms with van der Waals surface area (Å²) in [5, 5.41) is 21.5. The van der Waals surface area contributed by atoms with Gasteiger partial charge in [-0.2, -0.15) is 5.26 Å². The van der Waals surface area contributed by atoms with E-state index in [1.807, 2.05) is 42.5 Å². The Morgan fingerprint density at radius 3 is 2.24 bits per heavy atom. The number of rotatable bonds is 6. The lowest BCUT2D eigenvalue weighted by Crippen LogP contribution is -1.98. The summed E-state index contributed by atoms with van der Waals surface area (Å²) in [6, 6.07) is 25.6. The van der Waals surface area contributed by atoms with Crippen LogP contribution in [-0.4, -0.2) is 11.1 Å². The summed E-state index contributed by atoms with van der Waals surface area (Å²) >= 11 is 12.9. The summed E-state index contributed by atoms with van der Waals surface area (Å²) in [6.45, 7) is 0.301. The smallest absolute Gasteiger partial charge is 0.335 e. The third-order valence-corrected chi connectivity index (χ3v) is 5.71. The van der Waals surface area contributed by atoms with Crippen molar-refractivity contribution in [1.82, 2.24) is 0 Å². The number of halogens is 2. The first-order valence-corrected chi connectivity index (χ1v) is 10.8. The lowest BCUT2D eigenvalue weighted by Gasteiger charge is -2.13. The van der Waals surface area contributed by atoms with E-state index in [4.69, 9.17) is 33.0 Å². The van der Waals surface area contributed by atoms with Gasteiger partial charge in [0.05, 0.1) is 27.3 Å². The maximum atomic E-state index is 11.0. The van der Waals surface area contributed by atoms with Crippen LogP contribution < -0.4 is 4.74 Å². The molecular formula is C27H17Cl2NO3. The second-order valence-electron chi connectivity index (χ2n) is 7.29. The molecule has 0 amide bonds. The van der Waals surface area contributed by atoms with Crippen LogP contribution in [0.1, 0.15) is 27.0 Å². The van der Waals surface area contributed by atoms with Gasteiger partial charge in [-0.1, -0.05) is 77.8 Å². The maximum Gasteiger partial charge on any atom is 0.335 e. The molecule has 4 nitrogen and oxygen atoms in total. The molecule has 0 aliphatic rings. The Morgan fingerprint density at radius 2 is 1.58 bits per heavy atom. The van der Waals surface area contributed by atoms with E-state index >= 15 is 0 Å².